The summed E-state index contributed by atoms with van der Waals surface area (Å²) in [5.41, 5.74) is 0.860. The fourth-order valence-electron chi connectivity index (χ4n) is 5.15. The highest BCUT2D eigenvalue weighted by Crippen LogP contribution is 2.42. The maximum absolute atomic E-state index is 14.2. The number of fused-ring (bicyclic) bond motifs is 3. The second kappa shape index (κ2) is 8.94. The van der Waals surface area contributed by atoms with Crippen LogP contribution < -0.4 is 4.74 Å². The number of amides is 1. The molecule has 4 heterocycles. The summed E-state index contributed by atoms with van der Waals surface area (Å²) < 4.78 is 58.8. The van der Waals surface area contributed by atoms with Crippen LogP contribution >= 0.6 is 0 Å². The van der Waals surface area contributed by atoms with Gasteiger partial charge in [0.25, 0.3) is 5.91 Å². The highest BCUT2D eigenvalue weighted by molar-refractivity contribution is 5.98. The average Bonchev–Trinajstić information content (AvgIpc) is 3.38. The number of piperidine rings is 2. The molecule has 2 aromatic heterocycles. The minimum absolute atomic E-state index is 0.0384. The Bertz CT molecular complexity index is 1200. The number of ether oxygens (including phenoxy) is 1. The van der Waals surface area contributed by atoms with Gasteiger partial charge in [0.1, 0.15) is 12.8 Å². The molecular formula is C24H23F4N5O2. The summed E-state index contributed by atoms with van der Waals surface area (Å²) in [7, 11) is 0. The lowest BCUT2D eigenvalue weighted by molar-refractivity contribution is -0.137. The van der Waals surface area contributed by atoms with E-state index in [1.807, 2.05) is 6.92 Å². The van der Waals surface area contributed by atoms with Gasteiger partial charge in [-0.2, -0.15) is 28.2 Å². The van der Waals surface area contributed by atoms with Crippen molar-refractivity contribution in [3.05, 3.63) is 65.6 Å². The van der Waals surface area contributed by atoms with E-state index in [-0.39, 0.29) is 17.7 Å². The molecule has 6 rings (SSSR count). The molecule has 2 saturated heterocycles. The number of aromatic nitrogens is 4. The Labute approximate surface area is 198 Å². The molecule has 2 aliphatic heterocycles. The van der Waals surface area contributed by atoms with Crippen molar-refractivity contribution in [3.8, 4) is 11.6 Å². The first-order valence-electron chi connectivity index (χ1n) is 11.3. The molecule has 0 spiro atoms. The van der Waals surface area contributed by atoms with E-state index in [9.17, 15) is 22.4 Å². The standard InChI is InChI=1S/C24H23F4N5O2/c1-14-2-5-17(19(10-14)33-30-8-9-31-33)23(34)32-18-6-3-15(20(32)12-25)11-21(18)35-22-7-4-16(13-29-22)24(26,27)28/h2,4-5,7-10,13,15,18,20-21H,3,6,11-12H2,1H3. The van der Waals surface area contributed by atoms with Gasteiger partial charge in [0.2, 0.25) is 5.88 Å². The number of pyridine rings is 1. The Morgan fingerprint density at radius 2 is 1.91 bits per heavy atom. The Morgan fingerprint density at radius 3 is 2.57 bits per heavy atom. The number of carbonyl (C=O) groups is 1. The third-order valence-corrected chi connectivity index (χ3v) is 6.80. The van der Waals surface area contributed by atoms with Crippen LogP contribution in [-0.2, 0) is 6.18 Å². The number of hydrogen-bond donors (Lipinski definition) is 0. The lowest BCUT2D eigenvalue weighted by Crippen LogP contribution is -2.65. The van der Waals surface area contributed by atoms with Crippen molar-refractivity contribution in [1.82, 2.24) is 24.9 Å². The lowest BCUT2D eigenvalue weighted by atomic mass is 9.73. The van der Waals surface area contributed by atoms with E-state index in [4.69, 9.17) is 4.74 Å². The first-order chi connectivity index (χ1) is 16.8. The molecule has 4 atom stereocenters. The van der Waals surface area contributed by atoms with E-state index >= 15 is 0 Å². The first kappa shape index (κ1) is 23.3. The molecule has 3 fully saturated rings. The third-order valence-electron chi connectivity index (χ3n) is 6.80. The van der Waals surface area contributed by atoms with E-state index in [1.165, 1.54) is 23.3 Å². The Hall–Kier alpha value is -3.50. The minimum Gasteiger partial charge on any atom is -0.472 e. The summed E-state index contributed by atoms with van der Waals surface area (Å²) in [6.07, 6.45) is 0.551. The molecule has 4 unspecified atom stereocenters. The van der Waals surface area contributed by atoms with E-state index in [0.717, 1.165) is 24.2 Å². The molecule has 1 saturated carbocycles. The second-order valence-electron chi connectivity index (χ2n) is 8.95. The minimum atomic E-state index is -4.50. The molecule has 1 aromatic carbocycles. The Balaban J connectivity index is 1.45. The molecular weight excluding hydrogens is 466 g/mol. The molecule has 0 radical (unpaired) electrons. The van der Waals surface area contributed by atoms with Crippen LogP contribution in [0.3, 0.4) is 0 Å². The van der Waals surface area contributed by atoms with E-state index in [0.29, 0.717) is 24.1 Å². The van der Waals surface area contributed by atoms with Crippen LogP contribution in [0.4, 0.5) is 17.6 Å². The smallest absolute Gasteiger partial charge is 0.417 e. The SMILES string of the molecule is Cc1ccc(C(=O)N2C(CF)C3CCC2C(Oc2ccc(C(F)(F)F)cn2)C3)c(-n2nccn2)c1. The molecule has 2 bridgehead atoms. The molecule has 3 aromatic rings. The van der Waals surface area contributed by atoms with Crippen molar-refractivity contribution >= 4 is 5.91 Å². The van der Waals surface area contributed by atoms with Crippen molar-refractivity contribution in [2.24, 2.45) is 5.92 Å². The summed E-state index contributed by atoms with van der Waals surface area (Å²) in [4.78, 5) is 20.5. The molecule has 7 nitrogen and oxygen atoms in total. The van der Waals surface area contributed by atoms with E-state index < -0.39 is 36.6 Å². The zero-order chi connectivity index (χ0) is 24.7. The molecule has 1 aliphatic carbocycles. The number of aryl methyl sites for hydroxylation is 1. The van der Waals surface area contributed by atoms with Gasteiger partial charge in [0, 0.05) is 12.3 Å². The van der Waals surface area contributed by atoms with Crippen LogP contribution in [0.5, 0.6) is 5.88 Å². The van der Waals surface area contributed by atoms with Gasteiger partial charge in [-0.3, -0.25) is 4.79 Å². The van der Waals surface area contributed by atoms with Gasteiger partial charge >= 0.3 is 6.18 Å². The third kappa shape index (κ3) is 4.35. The average molecular weight is 489 g/mol. The normalized spacial score (nSPS) is 24.0. The fraction of sp³-hybridized carbons (Fsp3) is 0.417. The van der Waals surface area contributed by atoms with Gasteiger partial charge in [-0.1, -0.05) is 6.07 Å². The number of carbonyl (C=O) groups excluding carboxylic acids is 1. The largest absolute Gasteiger partial charge is 0.472 e. The number of rotatable bonds is 5. The maximum Gasteiger partial charge on any atom is 0.417 e. The molecule has 1 amide bonds. The van der Waals surface area contributed by atoms with Gasteiger partial charge in [0.05, 0.1) is 41.3 Å². The van der Waals surface area contributed by atoms with Crippen molar-refractivity contribution in [3.63, 3.8) is 0 Å². The summed E-state index contributed by atoms with van der Waals surface area (Å²) in [6.45, 7) is 1.19. The van der Waals surface area contributed by atoms with E-state index in [1.54, 1.807) is 23.1 Å². The highest BCUT2D eigenvalue weighted by atomic mass is 19.4. The molecule has 3 aliphatic rings. The number of halogens is 4. The zero-order valence-electron chi connectivity index (χ0n) is 18.8. The van der Waals surface area contributed by atoms with Crippen LogP contribution in [0.1, 0.15) is 40.7 Å². The molecule has 35 heavy (non-hydrogen) atoms. The summed E-state index contributed by atoms with van der Waals surface area (Å²) in [5, 5.41) is 8.29. The zero-order valence-corrected chi connectivity index (χ0v) is 18.8. The van der Waals surface area contributed by atoms with Crippen molar-refractivity contribution in [1.29, 1.82) is 0 Å². The molecule has 184 valence electrons. The number of benzene rings is 1. The van der Waals surface area contributed by atoms with Crippen molar-refractivity contribution in [2.75, 3.05) is 6.67 Å². The Morgan fingerprint density at radius 1 is 1.14 bits per heavy atom. The second-order valence-corrected chi connectivity index (χ2v) is 8.95. The fourth-order valence-corrected chi connectivity index (χ4v) is 5.15. The molecule has 0 N–H and O–H groups in total. The highest BCUT2D eigenvalue weighted by Gasteiger charge is 2.50. The summed E-state index contributed by atoms with van der Waals surface area (Å²) in [5.74, 6) is -0.454. The van der Waals surface area contributed by atoms with Crippen LogP contribution in [0.15, 0.2) is 48.9 Å². The maximum atomic E-state index is 14.2. The van der Waals surface area contributed by atoms with Crippen LogP contribution in [0, 0.1) is 12.8 Å². The van der Waals surface area contributed by atoms with Gasteiger partial charge in [-0.15, -0.1) is 0 Å². The predicted octanol–water partition coefficient (Wildman–Crippen LogP) is 4.40. The summed E-state index contributed by atoms with van der Waals surface area (Å²) in [6, 6.07) is 6.30. The first-order valence-corrected chi connectivity index (χ1v) is 11.3. The topological polar surface area (TPSA) is 73.1 Å². The van der Waals surface area contributed by atoms with Crippen LogP contribution in [-0.4, -0.2) is 55.6 Å². The number of nitrogens with zero attached hydrogens (tertiary/aromatic N) is 5. The van der Waals surface area contributed by atoms with Crippen molar-refractivity contribution in [2.45, 2.75) is 50.6 Å². The Kier molecular flexibility index (Phi) is 5.94. The van der Waals surface area contributed by atoms with E-state index in [2.05, 4.69) is 15.2 Å². The van der Waals surface area contributed by atoms with Gasteiger partial charge in [-0.05, 0) is 55.9 Å². The molecule has 11 heteroatoms. The summed E-state index contributed by atoms with van der Waals surface area (Å²) >= 11 is 0. The van der Waals surface area contributed by atoms with Gasteiger partial charge in [-0.25, -0.2) is 9.37 Å². The lowest BCUT2D eigenvalue weighted by Gasteiger charge is -2.53. The predicted molar refractivity (Wildman–Crippen MR) is 117 cm³/mol. The van der Waals surface area contributed by atoms with Gasteiger partial charge < -0.3 is 9.64 Å². The van der Waals surface area contributed by atoms with Crippen LogP contribution in [0.25, 0.3) is 5.69 Å². The van der Waals surface area contributed by atoms with Gasteiger partial charge in [0.15, 0.2) is 0 Å². The monoisotopic (exact) mass is 489 g/mol. The quantitative estimate of drug-likeness (QED) is 0.497. The van der Waals surface area contributed by atoms with Crippen LogP contribution in [0.2, 0.25) is 0 Å². The number of alkyl halides is 4. The van der Waals surface area contributed by atoms with Crippen molar-refractivity contribution < 1.29 is 27.1 Å². The number of hydrogen-bond acceptors (Lipinski definition) is 5.